The van der Waals surface area contributed by atoms with Crippen LogP contribution in [0, 0.1) is 6.92 Å². The van der Waals surface area contributed by atoms with E-state index < -0.39 is 5.97 Å². The average molecular weight is 329 g/mol. The number of carbonyl (C=O) groups is 3. The number of amides is 1. The number of anilines is 1. The van der Waals surface area contributed by atoms with Gasteiger partial charge in [0, 0.05) is 17.7 Å². The van der Waals surface area contributed by atoms with E-state index in [-0.39, 0.29) is 18.3 Å². The highest BCUT2D eigenvalue weighted by atomic mass is 32.1. The molecule has 1 aliphatic rings. The number of Topliss-reactive ketones (excluding diaryl/α,β-unsaturated/α-hetero) is 1. The van der Waals surface area contributed by atoms with E-state index in [1.165, 1.54) is 11.3 Å². The van der Waals surface area contributed by atoms with Crippen LogP contribution in [0.5, 0.6) is 0 Å². The topological polar surface area (TPSA) is 72.5 Å². The fourth-order valence-electron chi connectivity index (χ4n) is 2.42. The lowest BCUT2D eigenvalue weighted by Gasteiger charge is -2.17. The normalized spacial score (nSPS) is 13.2. The lowest BCUT2D eigenvalue weighted by atomic mass is 9.99. The molecule has 0 atom stereocenters. The van der Waals surface area contributed by atoms with Gasteiger partial charge in [-0.3, -0.25) is 9.59 Å². The monoisotopic (exact) mass is 329 g/mol. The quantitative estimate of drug-likeness (QED) is 0.691. The zero-order chi connectivity index (χ0) is 16.4. The molecule has 0 unspecified atom stereocenters. The van der Waals surface area contributed by atoms with Crippen molar-refractivity contribution in [1.82, 2.24) is 0 Å². The molecular weight excluding hydrogens is 314 g/mol. The highest BCUT2D eigenvalue weighted by Crippen LogP contribution is 2.24. The van der Waals surface area contributed by atoms with E-state index in [2.05, 4.69) is 5.32 Å². The SMILES string of the molecule is Cc1ccsc1C(=O)OCC(=O)c1ccc2c(c1)CCC(=O)N2. The van der Waals surface area contributed by atoms with E-state index in [0.29, 0.717) is 23.3 Å². The van der Waals surface area contributed by atoms with Gasteiger partial charge in [-0.15, -0.1) is 11.3 Å². The molecule has 118 valence electrons. The molecule has 0 saturated carbocycles. The molecule has 2 heterocycles. The Labute approximate surface area is 137 Å². The Morgan fingerprint density at radius 1 is 1.26 bits per heavy atom. The van der Waals surface area contributed by atoms with Crippen molar-refractivity contribution < 1.29 is 19.1 Å². The second-order valence-electron chi connectivity index (χ2n) is 5.35. The van der Waals surface area contributed by atoms with Crippen molar-refractivity contribution in [3.05, 3.63) is 51.2 Å². The summed E-state index contributed by atoms with van der Waals surface area (Å²) in [6, 6.07) is 6.93. The van der Waals surface area contributed by atoms with E-state index in [4.69, 9.17) is 4.74 Å². The first-order valence-electron chi connectivity index (χ1n) is 7.22. The molecule has 1 aromatic heterocycles. The van der Waals surface area contributed by atoms with E-state index in [1.54, 1.807) is 18.2 Å². The van der Waals surface area contributed by atoms with Crippen molar-refractivity contribution in [2.45, 2.75) is 19.8 Å². The number of nitrogens with one attached hydrogen (secondary N) is 1. The van der Waals surface area contributed by atoms with E-state index in [9.17, 15) is 14.4 Å². The van der Waals surface area contributed by atoms with Crippen LogP contribution in [-0.2, 0) is 16.0 Å². The van der Waals surface area contributed by atoms with E-state index >= 15 is 0 Å². The van der Waals surface area contributed by atoms with Crippen LogP contribution in [0.3, 0.4) is 0 Å². The molecule has 0 spiro atoms. The third-order valence-corrected chi connectivity index (χ3v) is 4.70. The zero-order valence-electron chi connectivity index (χ0n) is 12.5. The largest absolute Gasteiger partial charge is 0.453 e. The van der Waals surface area contributed by atoms with Crippen molar-refractivity contribution in [3.8, 4) is 0 Å². The van der Waals surface area contributed by atoms with Crippen LogP contribution in [0.1, 0.15) is 37.6 Å². The van der Waals surface area contributed by atoms with Crippen molar-refractivity contribution in [1.29, 1.82) is 0 Å². The van der Waals surface area contributed by atoms with Crippen LogP contribution in [0.25, 0.3) is 0 Å². The maximum Gasteiger partial charge on any atom is 0.349 e. The van der Waals surface area contributed by atoms with E-state index in [1.807, 2.05) is 18.4 Å². The highest BCUT2D eigenvalue weighted by Gasteiger charge is 2.18. The summed E-state index contributed by atoms with van der Waals surface area (Å²) in [6.07, 6.45) is 1.02. The molecule has 1 amide bonds. The van der Waals surface area contributed by atoms with Gasteiger partial charge in [-0.25, -0.2) is 4.79 Å². The molecule has 2 aromatic rings. The van der Waals surface area contributed by atoms with E-state index in [0.717, 1.165) is 16.8 Å². The lowest BCUT2D eigenvalue weighted by Crippen LogP contribution is -2.20. The molecule has 0 bridgehead atoms. The van der Waals surface area contributed by atoms with Gasteiger partial charge in [0.25, 0.3) is 0 Å². The maximum atomic E-state index is 12.2. The average Bonchev–Trinajstić information content (AvgIpc) is 2.98. The third kappa shape index (κ3) is 3.32. The Balaban J connectivity index is 1.66. The number of carbonyl (C=O) groups excluding carboxylic acids is 3. The highest BCUT2D eigenvalue weighted by molar-refractivity contribution is 7.12. The summed E-state index contributed by atoms with van der Waals surface area (Å²) in [4.78, 5) is 36.0. The smallest absolute Gasteiger partial charge is 0.349 e. The first-order chi connectivity index (χ1) is 11.0. The molecule has 0 radical (unpaired) electrons. The second-order valence-corrected chi connectivity index (χ2v) is 6.27. The van der Waals surface area contributed by atoms with Gasteiger partial charge in [0.2, 0.25) is 5.91 Å². The molecule has 23 heavy (non-hydrogen) atoms. The number of benzene rings is 1. The minimum atomic E-state index is -0.476. The van der Waals surface area contributed by atoms with Crippen LogP contribution in [0.15, 0.2) is 29.6 Å². The predicted molar refractivity (Wildman–Crippen MR) is 87.1 cm³/mol. The summed E-state index contributed by atoms with van der Waals surface area (Å²) >= 11 is 1.30. The molecule has 6 heteroatoms. The fraction of sp³-hybridized carbons (Fsp3) is 0.235. The van der Waals surface area contributed by atoms with Crippen LogP contribution < -0.4 is 5.32 Å². The third-order valence-electron chi connectivity index (χ3n) is 3.70. The summed E-state index contributed by atoms with van der Waals surface area (Å²) < 4.78 is 5.10. The van der Waals surface area contributed by atoms with Crippen molar-refractivity contribution in [2.24, 2.45) is 0 Å². The number of rotatable bonds is 4. The van der Waals surface area contributed by atoms with Crippen LogP contribution in [0.2, 0.25) is 0 Å². The van der Waals surface area contributed by atoms with Crippen molar-refractivity contribution in [2.75, 3.05) is 11.9 Å². The van der Waals surface area contributed by atoms with Gasteiger partial charge in [-0.1, -0.05) is 0 Å². The van der Waals surface area contributed by atoms with Crippen LogP contribution >= 0.6 is 11.3 Å². The van der Waals surface area contributed by atoms with Gasteiger partial charge in [0.1, 0.15) is 4.88 Å². The predicted octanol–water partition coefficient (Wildman–Crippen LogP) is 2.98. The number of ether oxygens (including phenoxy) is 1. The molecule has 0 aliphatic carbocycles. The lowest BCUT2D eigenvalue weighted by molar-refractivity contribution is -0.116. The minimum Gasteiger partial charge on any atom is -0.453 e. The Morgan fingerprint density at radius 3 is 2.83 bits per heavy atom. The summed E-state index contributed by atoms with van der Waals surface area (Å²) in [7, 11) is 0. The van der Waals surface area contributed by atoms with Crippen molar-refractivity contribution in [3.63, 3.8) is 0 Å². The summed E-state index contributed by atoms with van der Waals surface area (Å²) in [5.41, 5.74) is 2.99. The number of ketones is 1. The van der Waals surface area contributed by atoms with Crippen LogP contribution in [-0.4, -0.2) is 24.3 Å². The fourth-order valence-corrected chi connectivity index (χ4v) is 3.24. The summed E-state index contributed by atoms with van der Waals surface area (Å²) in [5.74, 6) is -0.750. The van der Waals surface area contributed by atoms with Gasteiger partial charge in [0.05, 0.1) is 0 Å². The Hall–Kier alpha value is -2.47. The van der Waals surface area contributed by atoms with Crippen LogP contribution in [0.4, 0.5) is 5.69 Å². The standard InChI is InChI=1S/C17H15NO4S/c1-10-6-7-23-16(10)17(21)22-9-14(19)12-2-4-13-11(8-12)3-5-15(20)18-13/h2,4,6-8H,3,5,9H2,1H3,(H,18,20). The number of hydrogen-bond donors (Lipinski definition) is 1. The number of aryl methyl sites for hydroxylation is 2. The molecule has 1 aliphatic heterocycles. The zero-order valence-corrected chi connectivity index (χ0v) is 13.4. The summed E-state index contributed by atoms with van der Waals surface area (Å²) in [5, 5.41) is 4.58. The molecule has 0 fully saturated rings. The van der Waals surface area contributed by atoms with Crippen molar-refractivity contribution >= 4 is 34.7 Å². The number of thiophene rings is 1. The number of esters is 1. The minimum absolute atomic E-state index is 0.0168. The van der Waals surface area contributed by atoms with Gasteiger partial charge in [-0.2, -0.15) is 0 Å². The first kappa shape index (κ1) is 15.4. The van der Waals surface area contributed by atoms with Gasteiger partial charge in [-0.05, 0) is 54.1 Å². The number of hydrogen-bond acceptors (Lipinski definition) is 5. The summed E-state index contributed by atoms with van der Waals surface area (Å²) in [6.45, 7) is 1.54. The maximum absolute atomic E-state index is 12.2. The Bertz CT molecular complexity index is 794. The molecule has 1 N–H and O–H groups in total. The Kier molecular flexibility index (Phi) is 4.25. The molecule has 1 aromatic carbocycles. The second kappa shape index (κ2) is 6.34. The van der Waals surface area contributed by atoms with Gasteiger partial charge < -0.3 is 10.1 Å². The first-order valence-corrected chi connectivity index (χ1v) is 8.10. The molecule has 0 saturated heterocycles. The molecular formula is C17H15NO4S. The molecule has 3 rings (SSSR count). The van der Waals surface area contributed by atoms with Gasteiger partial charge in [0.15, 0.2) is 12.4 Å². The van der Waals surface area contributed by atoms with Gasteiger partial charge >= 0.3 is 5.97 Å². The molecule has 5 nitrogen and oxygen atoms in total. The Morgan fingerprint density at radius 2 is 2.09 bits per heavy atom. The number of fused-ring (bicyclic) bond motifs is 1.